The second kappa shape index (κ2) is 6.81. The molecule has 122 valence electrons. The summed E-state index contributed by atoms with van der Waals surface area (Å²) in [5.74, 6) is -0.288. The van der Waals surface area contributed by atoms with E-state index in [1.807, 2.05) is 24.3 Å². The van der Waals surface area contributed by atoms with Gasteiger partial charge in [0.2, 0.25) is 18.2 Å². The minimum absolute atomic E-state index is 0.102. The van der Waals surface area contributed by atoms with Gasteiger partial charge in [-0.3, -0.25) is 14.4 Å². The van der Waals surface area contributed by atoms with Gasteiger partial charge < -0.3 is 14.7 Å². The third-order valence-corrected chi connectivity index (χ3v) is 4.53. The smallest absolute Gasteiger partial charge is 0.236 e. The molecule has 0 aromatic heterocycles. The first kappa shape index (κ1) is 15.5. The van der Waals surface area contributed by atoms with Crippen molar-refractivity contribution in [1.82, 2.24) is 9.80 Å². The van der Waals surface area contributed by atoms with Gasteiger partial charge in [0.15, 0.2) is 0 Å². The molecule has 2 heterocycles. The van der Waals surface area contributed by atoms with E-state index in [9.17, 15) is 14.4 Å². The van der Waals surface area contributed by atoms with Crippen LogP contribution in [0.4, 0.5) is 5.69 Å². The lowest BCUT2D eigenvalue weighted by Gasteiger charge is -2.33. The number of fused-ring (bicyclic) bond motifs is 1. The number of rotatable bonds is 3. The maximum atomic E-state index is 12.5. The molecule has 0 atom stereocenters. The molecule has 2 aliphatic rings. The number of carbonyl (C=O) groups is 3. The fraction of sp³-hybridized carbons (Fsp3) is 0.471. The SMILES string of the molecule is O=CN1CCN(C(=O)CC(=O)N2CCCc3ccccc32)CC1. The molecule has 0 aliphatic carbocycles. The lowest BCUT2D eigenvalue weighted by molar-refractivity contribution is -0.138. The van der Waals surface area contributed by atoms with E-state index in [0.717, 1.165) is 24.9 Å². The normalized spacial score (nSPS) is 17.7. The van der Waals surface area contributed by atoms with Gasteiger partial charge in [0.25, 0.3) is 0 Å². The highest BCUT2D eigenvalue weighted by molar-refractivity contribution is 6.05. The van der Waals surface area contributed by atoms with Gasteiger partial charge in [0.1, 0.15) is 6.42 Å². The minimum Gasteiger partial charge on any atom is -0.342 e. The van der Waals surface area contributed by atoms with Crippen molar-refractivity contribution in [2.45, 2.75) is 19.3 Å². The third-order valence-electron chi connectivity index (χ3n) is 4.53. The molecule has 0 bridgehead atoms. The van der Waals surface area contributed by atoms with Gasteiger partial charge >= 0.3 is 0 Å². The Morgan fingerprint density at radius 1 is 1.00 bits per heavy atom. The number of aryl methyl sites for hydroxylation is 1. The van der Waals surface area contributed by atoms with Gasteiger partial charge in [-0.05, 0) is 24.5 Å². The zero-order valence-electron chi connectivity index (χ0n) is 13.1. The molecular weight excluding hydrogens is 294 g/mol. The Kier molecular flexibility index (Phi) is 4.60. The van der Waals surface area contributed by atoms with Crippen molar-refractivity contribution >= 4 is 23.9 Å². The molecule has 1 saturated heterocycles. The van der Waals surface area contributed by atoms with Gasteiger partial charge in [-0.15, -0.1) is 0 Å². The summed E-state index contributed by atoms with van der Waals surface area (Å²) in [6.45, 7) is 2.75. The molecule has 0 saturated carbocycles. The Morgan fingerprint density at radius 2 is 1.74 bits per heavy atom. The van der Waals surface area contributed by atoms with Crippen LogP contribution in [-0.4, -0.2) is 60.7 Å². The summed E-state index contributed by atoms with van der Waals surface area (Å²) in [5.41, 5.74) is 2.10. The van der Waals surface area contributed by atoms with E-state index in [4.69, 9.17) is 0 Å². The number of para-hydroxylation sites is 1. The molecule has 6 heteroatoms. The number of hydrogen-bond acceptors (Lipinski definition) is 3. The van der Waals surface area contributed by atoms with Crippen LogP contribution in [0.15, 0.2) is 24.3 Å². The molecule has 0 radical (unpaired) electrons. The molecule has 1 aromatic rings. The summed E-state index contributed by atoms with van der Waals surface area (Å²) in [6.07, 6.45) is 2.60. The highest BCUT2D eigenvalue weighted by atomic mass is 16.2. The second-order valence-electron chi connectivity index (χ2n) is 5.98. The number of hydrogen-bond donors (Lipinski definition) is 0. The third kappa shape index (κ3) is 3.36. The lowest BCUT2D eigenvalue weighted by atomic mass is 10.0. The number of amides is 3. The van der Waals surface area contributed by atoms with Crippen molar-refractivity contribution in [2.24, 2.45) is 0 Å². The van der Waals surface area contributed by atoms with Crippen molar-refractivity contribution in [2.75, 3.05) is 37.6 Å². The van der Waals surface area contributed by atoms with Gasteiger partial charge in [-0.25, -0.2) is 0 Å². The standard InChI is InChI=1S/C17H21N3O3/c21-13-18-8-10-19(11-9-18)16(22)12-17(23)20-7-3-5-14-4-1-2-6-15(14)20/h1-2,4,6,13H,3,5,7-12H2. The highest BCUT2D eigenvalue weighted by Gasteiger charge is 2.27. The molecular formula is C17H21N3O3. The van der Waals surface area contributed by atoms with Crippen LogP contribution in [0.3, 0.4) is 0 Å². The summed E-state index contributed by atoms with van der Waals surface area (Å²) in [7, 11) is 0. The van der Waals surface area contributed by atoms with Crippen LogP contribution in [-0.2, 0) is 20.8 Å². The first-order chi connectivity index (χ1) is 11.2. The summed E-state index contributed by atoms with van der Waals surface area (Å²) < 4.78 is 0. The molecule has 3 rings (SSSR count). The van der Waals surface area contributed by atoms with E-state index in [1.165, 1.54) is 5.56 Å². The maximum Gasteiger partial charge on any atom is 0.236 e. The average molecular weight is 315 g/mol. The van der Waals surface area contributed by atoms with E-state index in [1.54, 1.807) is 14.7 Å². The van der Waals surface area contributed by atoms with Crippen molar-refractivity contribution in [1.29, 1.82) is 0 Å². The fourth-order valence-electron chi connectivity index (χ4n) is 3.21. The van der Waals surface area contributed by atoms with Crippen LogP contribution in [0.2, 0.25) is 0 Å². The van der Waals surface area contributed by atoms with Crippen molar-refractivity contribution in [3.05, 3.63) is 29.8 Å². The van der Waals surface area contributed by atoms with Crippen LogP contribution < -0.4 is 4.90 Å². The average Bonchev–Trinajstić information content (AvgIpc) is 2.61. The number of anilines is 1. The van der Waals surface area contributed by atoms with Crippen LogP contribution in [0.25, 0.3) is 0 Å². The Labute approximate surface area is 135 Å². The molecule has 0 spiro atoms. The summed E-state index contributed by atoms with van der Waals surface area (Å²) in [4.78, 5) is 40.6. The quantitative estimate of drug-likeness (QED) is 0.608. The monoisotopic (exact) mass is 315 g/mol. The second-order valence-corrected chi connectivity index (χ2v) is 5.98. The summed E-state index contributed by atoms with van der Waals surface area (Å²) in [6, 6.07) is 7.88. The number of nitrogens with zero attached hydrogens (tertiary/aromatic N) is 3. The molecule has 23 heavy (non-hydrogen) atoms. The van der Waals surface area contributed by atoms with E-state index >= 15 is 0 Å². The zero-order valence-corrected chi connectivity index (χ0v) is 13.1. The Balaban J connectivity index is 1.62. The van der Waals surface area contributed by atoms with Gasteiger partial charge in [-0.1, -0.05) is 18.2 Å². The molecule has 1 aromatic carbocycles. The van der Waals surface area contributed by atoms with E-state index in [0.29, 0.717) is 32.7 Å². The summed E-state index contributed by atoms with van der Waals surface area (Å²) in [5, 5.41) is 0. The molecule has 2 aliphatic heterocycles. The highest BCUT2D eigenvalue weighted by Crippen LogP contribution is 2.27. The van der Waals surface area contributed by atoms with Crippen LogP contribution in [0.1, 0.15) is 18.4 Å². The lowest BCUT2D eigenvalue weighted by Crippen LogP contribution is -2.49. The number of benzene rings is 1. The predicted molar refractivity (Wildman–Crippen MR) is 86.0 cm³/mol. The first-order valence-corrected chi connectivity index (χ1v) is 8.04. The van der Waals surface area contributed by atoms with Crippen LogP contribution >= 0.6 is 0 Å². The van der Waals surface area contributed by atoms with Gasteiger partial charge in [0.05, 0.1) is 0 Å². The van der Waals surface area contributed by atoms with E-state index in [-0.39, 0.29) is 18.2 Å². The first-order valence-electron chi connectivity index (χ1n) is 8.04. The van der Waals surface area contributed by atoms with Gasteiger partial charge in [-0.2, -0.15) is 0 Å². The minimum atomic E-state index is -0.149. The van der Waals surface area contributed by atoms with Crippen LogP contribution in [0, 0.1) is 0 Å². The van der Waals surface area contributed by atoms with Crippen molar-refractivity contribution in [3.8, 4) is 0 Å². The Morgan fingerprint density at radius 3 is 2.48 bits per heavy atom. The van der Waals surface area contributed by atoms with E-state index in [2.05, 4.69) is 0 Å². The largest absolute Gasteiger partial charge is 0.342 e. The predicted octanol–water partition coefficient (Wildman–Crippen LogP) is 0.657. The molecule has 0 N–H and O–H groups in total. The molecule has 0 unspecified atom stereocenters. The summed E-state index contributed by atoms with van der Waals surface area (Å²) >= 11 is 0. The van der Waals surface area contributed by atoms with Crippen LogP contribution in [0.5, 0.6) is 0 Å². The zero-order chi connectivity index (χ0) is 16.2. The maximum absolute atomic E-state index is 12.5. The fourth-order valence-corrected chi connectivity index (χ4v) is 3.21. The van der Waals surface area contributed by atoms with Gasteiger partial charge in [0, 0.05) is 38.4 Å². The molecule has 3 amide bonds. The Bertz CT molecular complexity index is 609. The van der Waals surface area contributed by atoms with Crippen molar-refractivity contribution in [3.63, 3.8) is 0 Å². The van der Waals surface area contributed by atoms with E-state index < -0.39 is 0 Å². The topological polar surface area (TPSA) is 60.9 Å². The number of carbonyl (C=O) groups excluding carboxylic acids is 3. The molecule has 1 fully saturated rings. The molecule has 6 nitrogen and oxygen atoms in total. The Hall–Kier alpha value is -2.37. The van der Waals surface area contributed by atoms with Crippen molar-refractivity contribution < 1.29 is 14.4 Å². The number of piperazine rings is 1.